The van der Waals surface area contributed by atoms with Crippen LogP contribution in [0, 0.1) is 0 Å². The molecule has 0 saturated carbocycles. The summed E-state index contributed by atoms with van der Waals surface area (Å²) in [5.41, 5.74) is 5.83. The molecule has 0 aromatic rings. The van der Waals surface area contributed by atoms with E-state index in [1.54, 1.807) is 0 Å². The number of rotatable bonds is 3. The molecule has 2 saturated heterocycles. The summed E-state index contributed by atoms with van der Waals surface area (Å²) in [6.45, 7) is 5.24. The average Bonchev–Trinajstić information content (AvgIpc) is 2.77. The van der Waals surface area contributed by atoms with Gasteiger partial charge in [0.15, 0.2) is 0 Å². The van der Waals surface area contributed by atoms with E-state index >= 15 is 0 Å². The first-order chi connectivity index (χ1) is 7.35. The molecule has 2 aliphatic rings. The zero-order valence-electron chi connectivity index (χ0n) is 9.82. The van der Waals surface area contributed by atoms with Crippen LogP contribution in [0.1, 0.15) is 39.0 Å². The van der Waals surface area contributed by atoms with Gasteiger partial charge in [0.1, 0.15) is 0 Å². The van der Waals surface area contributed by atoms with Crippen LogP contribution in [0.4, 0.5) is 0 Å². The zero-order valence-corrected chi connectivity index (χ0v) is 9.82. The fourth-order valence-electron chi connectivity index (χ4n) is 3.04. The lowest BCUT2D eigenvalue weighted by molar-refractivity contribution is -0.0303. The topological polar surface area (TPSA) is 38.5 Å². The predicted molar refractivity (Wildman–Crippen MR) is 61.8 cm³/mol. The van der Waals surface area contributed by atoms with E-state index in [2.05, 4.69) is 11.8 Å². The van der Waals surface area contributed by atoms with Crippen LogP contribution in [0.15, 0.2) is 0 Å². The molecule has 0 aromatic heterocycles. The summed E-state index contributed by atoms with van der Waals surface area (Å²) in [7, 11) is 0. The first kappa shape index (κ1) is 11.4. The first-order valence-electron chi connectivity index (χ1n) is 6.42. The Morgan fingerprint density at radius 2 is 2.27 bits per heavy atom. The lowest BCUT2D eigenvalue weighted by atomic mass is 9.99. The molecule has 0 amide bonds. The SMILES string of the molecule is CCC1CC(N2CCCC2CN)CCO1. The lowest BCUT2D eigenvalue weighted by Gasteiger charge is -2.38. The van der Waals surface area contributed by atoms with E-state index in [0.29, 0.717) is 12.1 Å². The Morgan fingerprint density at radius 3 is 3.00 bits per heavy atom. The Hall–Kier alpha value is -0.120. The Labute approximate surface area is 93.0 Å². The van der Waals surface area contributed by atoms with Crippen LogP contribution in [0.5, 0.6) is 0 Å². The second kappa shape index (κ2) is 5.28. The van der Waals surface area contributed by atoms with Crippen LogP contribution in [-0.2, 0) is 4.74 Å². The largest absolute Gasteiger partial charge is 0.378 e. The molecule has 2 rings (SSSR count). The summed E-state index contributed by atoms with van der Waals surface area (Å²) in [5, 5.41) is 0. The van der Waals surface area contributed by atoms with Crippen molar-refractivity contribution in [3.63, 3.8) is 0 Å². The van der Waals surface area contributed by atoms with Crippen LogP contribution >= 0.6 is 0 Å². The van der Waals surface area contributed by atoms with Crippen molar-refractivity contribution in [3.8, 4) is 0 Å². The Kier molecular flexibility index (Phi) is 4.00. The zero-order chi connectivity index (χ0) is 10.7. The fraction of sp³-hybridized carbons (Fsp3) is 1.00. The monoisotopic (exact) mass is 212 g/mol. The molecule has 3 nitrogen and oxygen atoms in total. The van der Waals surface area contributed by atoms with Gasteiger partial charge in [-0.2, -0.15) is 0 Å². The van der Waals surface area contributed by atoms with E-state index in [4.69, 9.17) is 10.5 Å². The normalized spacial score (nSPS) is 38.4. The van der Waals surface area contributed by atoms with Gasteiger partial charge in [-0.05, 0) is 38.6 Å². The predicted octanol–water partition coefficient (Wildman–Crippen LogP) is 1.37. The van der Waals surface area contributed by atoms with Crippen molar-refractivity contribution in [1.29, 1.82) is 0 Å². The molecule has 3 unspecified atom stereocenters. The molecule has 3 heteroatoms. The second-order valence-corrected chi connectivity index (χ2v) is 4.85. The standard InChI is InChI=1S/C12H24N2O/c1-2-12-8-10(5-7-15-12)14-6-3-4-11(14)9-13/h10-12H,2-9,13H2,1H3. The maximum atomic E-state index is 5.83. The van der Waals surface area contributed by atoms with Crippen LogP contribution in [0.2, 0.25) is 0 Å². The lowest BCUT2D eigenvalue weighted by Crippen LogP contribution is -2.47. The highest BCUT2D eigenvalue weighted by Crippen LogP contribution is 2.27. The van der Waals surface area contributed by atoms with Gasteiger partial charge in [0, 0.05) is 25.2 Å². The van der Waals surface area contributed by atoms with Crippen molar-refractivity contribution in [2.24, 2.45) is 5.73 Å². The number of ether oxygens (including phenoxy) is 1. The van der Waals surface area contributed by atoms with Gasteiger partial charge in [0.25, 0.3) is 0 Å². The number of likely N-dealkylation sites (tertiary alicyclic amines) is 1. The molecule has 0 aliphatic carbocycles. The van der Waals surface area contributed by atoms with E-state index in [0.717, 1.165) is 25.6 Å². The van der Waals surface area contributed by atoms with Gasteiger partial charge >= 0.3 is 0 Å². The van der Waals surface area contributed by atoms with Crippen LogP contribution < -0.4 is 5.73 Å². The third kappa shape index (κ3) is 2.52. The molecule has 88 valence electrons. The van der Waals surface area contributed by atoms with Gasteiger partial charge in [0.05, 0.1) is 6.10 Å². The molecule has 2 heterocycles. The number of hydrogen-bond acceptors (Lipinski definition) is 3. The van der Waals surface area contributed by atoms with E-state index < -0.39 is 0 Å². The van der Waals surface area contributed by atoms with Gasteiger partial charge < -0.3 is 10.5 Å². The van der Waals surface area contributed by atoms with Crippen molar-refractivity contribution in [2.45, 2.75) is 57.2 Å². The number of nitrogens with zero attached hydrogens (tertiary/aromatic N) is 1. The van der Waals surface area contributed by atoms with E-state index in [-0.39, 0.29) is 0 Å². The molecule has 0 bridgehead atoms. The minimum atomic E-state index is 0.489. The Bertz CT molecular complexity index is 198. The summed E-state index contributed by atoms with van der Waals surface area (Å²) in [6, 6.07) is 1.38. The van der Waals surface area contributed by atoms with Crippen molar-refractivity contribution in [2.75, 3.05) is 19.7 Å². The summed E-state index contributed by atoms with van der Waals surface area (Å²) in [5.74, 6) is 0. The Balaban J connectivity index is 1.91. The van der Waals surface area contributed by atoms with E-state index in [9.17, 15) is 0 Å². The smallest absolute Gasteiger partial charge is 0.0587 e. The molecule has 2 N–H and O–H groups in total. The van der Waals surface area contributed by atoms with Gasteiger partial charge in [-0.25, -0.2) is 0 Å². The summed E-state index contributed by atoms with van der Waals surface area (Å²) in [4.78, 5) is 2.64. The number of nitrogens with two attached hydrogens (primary N) is 1. The quantitative estimate of drug-likeness (QED) is 0.768. The first-order valence-corrected chi connectivity index (χ1v) is 6.42. The molecule has 3 atom stereocenters. The summed E-state index contributed by atoms with van der Waals surface area (Å²) < 4.78 is 5.73. The van der Waals surface area contributed by atoms with E-state index in [1.807, 2.05) is 0 Å². The average molecular weight is 212 g/mol. The molecule has 0 radical (unpaired) electrons. The highest BCUT2D eigenvalue weighted by Gasteiger charge is 2.32. The van der Waals surface area contributed by atoms with Gasteiger partial charge in [0.2, 0.25) is 0 Å². The molecular weight excluding hydrogens is 188 g/mol. The van der Waals surface area contributed by atoms with Crippen LogP contribution in [-0.4, -0.2) is 42.8 Å². The van der Waals surface area contributed by atoms with Crippen molar-refractivity contribution in [1.82, 2.24) is 4.90 Å². The number of hydrogen-bond donors (Lipinski definition) is 1. The highest BCUT2D eigenvalue weighted by atomic mass is 16.5. The minimum absolute atomic E-state index is 0.489. The minimum Gasteiger partial charge on any atom is -0.378 e. The second-order valence-electron chi connectivity index (χ2n) is 4.85. The Morgan fingerprint density at radius 1 is 1.40 bits per heavy atom. The summed E-state index contributed by atoms with van der Waals surface area (Å²) in [6.07, 6.45) is 6.68. The van der Waals surface area contributed by atoms with E-state index in [1.165, 1.54) is 32.2 Å². The molecule has 15 heavy (non-hydrogen) atoms. The molecule has 0 aromatic carbocycles. The third-order valence-electron chi connectivity index (χ3n) is 3.96. The van der Waals surface area contributed by atoms with Crippen LogP contribution in [0.3, 0.4) is 0 Å². The molecule has 0 spiro atoms. The van der Waals surface area contributed by atoms with Gasteiger partial charge in [-0.15, -0.1) is 0 Å². The fourth-order valence-corrected chi connectivity index (χ4v) is 3.04. The van der Waals surface area contributed by atoms with Crippen molar-refractivity contribution >= 4 is 0 Å². The summed E-state index contributed by atoms with van der Waals surface area (Å²) >= 11 is 0. The third-order valence-corrected chi connectivity index (χ3v) is 3.96. The maximum Gasteiger partial charge on any atom is 0.0587 e. The maximum absolute atomic E-state index is 5.83. The van der Waals surface area contributed by atoms with Gasteiger partial charge in [-0.1, -0.05) is 6.92 Å². The molecule has 2 aliphatic heterocycles. The van der Waals surface area contributed by atoms with Gasteiger partial charge in [-0.3, -0.25) is 4.90 Å². The van der Waals surface area contributed by atoms with Crippen LogP contribution in [0.25, 0.3) is 0 Å². The highest BCUT2D eigenvalue weighted by molar-refractivity contribution is 4.88. The van der Waals surface area contributed by atoms with Crippen molar-refractivity contribution < 1.29 is 4.74 Å². The molecular formula is C12H24N2O. The van der Waals surface area contributed by atoms with Crippen molar-refractivity contribution in [3.05, 3.63) is 0 Å². The molecule has 2 fully saturated rings.